The lowest BCUT2D eigenvalue weighted by Crippen LogP contribution is -2.23. The van der Waals surface area contributed by atoms with Crippen LogP contribution in [0.5, 0.6) is 0 Å². The van der Waals surface area contributed by atoms with E-state index in [0.717, 1.165) is 29.5 Å². The molecule has 24 heavy (non-hydrogen) atoms. The highest BCUT2D eigenvalue weighted by Crippen LogP contribution is 2.24. The van der Waals surface area contributed by atoms with Gasteiger partial charge in [0.05, 0.1) is 0 Å². The highest BCUT2D eigenvalue weighted by atomic mass is 19.4. The minimum absolute atomic E-state index is 0.0210. The van der Waals surface area contributed by atoms with Crippen molar-refractivity contribution in [3.8, 4) is 0 Å². The normalized spacial score (nSPS) is 14.7. The van der Waals surface area contributed by atoms with Crippen molar-refractivity contribution in [2.24, 2.45) is 10.7 Å². The summed E-state index contributed by atoms with van der Waals surface area (Å²) in [7, 11) is 0. The molecule has 1 heterocycles. The number of fused-ring (bicyclic) bond motifs is 1. The minimum atomic E-state index is -4.30. The zero-order chi connectivity index (χ0) is 17.2. The summed E-state index contributed by atoms with van der Waals surface area (Å²) >= 11 is 0. The molecule has 0 unspecified atom stereocenters. The van der Waals surface area contributed by atoms with Crippen molar-refractivity contribution in [3.63, 3.8) is 0 Å². The number of rotatable bonds is 4. The number of alkyl halides is 3. The fourth-order valence-corrected chi connectivity index (χ4v) is 2.82. The van der Waals surface area contributed by atoms with Crippen LogP contribution in [0.1, 0.15) is 23.4 Å². The highest BCUT2D eigenvalue weighted by Gasteiger charge is 2.28. The van der Waals surface area contributed by atoms with Crippen LogP contribution in [-0.2, 0) is 25.9 Å². The van der Waals surface area contributed by atoms with Crippen molar-refractivity contribution >= 4 is 11.6 Å². The molecule has 0 fully saturated rings. The van der Waals surface area contributed by atoms with E-state index >= 15 is 0 Å². The second kappa shape index (κ2) is 6.54. The zero-order valence-electron chi connectivity index (χ0n) is 13.0. The lowest BCUT2D eigenvalue weighted by molar-refractivity contribution is -0.141. The predicted octanol–water partition coefficient (Wildman–Crippen LogP) is 2.86. The summed E-state index contributed by atoms with van der Waals surface area (Å²) in [6.07, 6.45) is 1.61. The third-order valence-electron chi connectivity index (χ3n) is 3.91. The number of nitrogens with two attached hydrogens (primary N) is 1. The third kappa shape index (κ3) is 4.06. The maximum Gasteiger partial charge on any atom is 0.406 e. The number of anilines is 1. The Hall–Kier alpha value is -2.51. The van der Waals surface area contributed by atoms with E-state index < -0.39 is 12.7 Å². The first-order valence-electron chi connectivity index (χ1n) is 7.66. The lowest BCUT2D eigenvalue weighted by Gasteiger charge is -2.10. The Kier molecular flexibility index (Phi) is 4.46. The molecule has 8 heteroatoms. The molecule has 0 amide bonds. The second-order valence-electron chi connectivity index (χ2n) is 5.75. The number of nitrogens with zero attached hydrogens (tertiary/aromatic N) is 3. The summed E-state index contributed by atoms with van der Waals surface area (Å²) in [6.45, 7) is -1.11. The van der Waals surface area contributed by atoms with Gasteiger partial charge in [0.1, 0.15) is 18.9 Å². The number of aryl methyl sites for hydroxylation is 2. The number of hydrogen-bond acceptors (Lipinski definition) is 2. The SMILES string of the molecule is NC(=NCc1nccn1CC(F)(F)F)Nc1ccc2c(c1)CCC2. The van der Waals surface area contributed by atoms with Gasteiger partial charge in [-0.1, -0.05) is 6.07 Å². The number of hydrogen-bond donors (Lipinski definition) is 2. The van der Waals surface area contributed by atoms with E-state index in [-0.39, 0.29) is 18.3 Å². The average molecular weight is 337 g/mol. The number of aromatic nitrogens is 2. The lowest BCUT2D eigenvalue weighted by atomic mass is 10.1. The zero-order valence-corrected chi connectivity index (χ0v) is 13.0. The second-order valence-corrected chi connectivity index (χ2v) is 5.75. The molecular formula is C16H18F3N5. The van der Waals surface area contributed by atoms with Gasteiger partial charge in [0, 0.05) is 18.1 Å². The maximum absolute atomic E-state index is 12.5. The number of benzene rings is 1. The molecule has 3 N–H and O–H groups in total. The fraction of sp³-hybridized carbons (Fsp3) is 0.375. The average Bonchev–Trinajstić information content (AvgIpc) is 3.12. The molecule has 3 rings (SSSR count). The maximum atomic E-state index is 12.5. The summed E-state index contributed by atoms with van der Waals surface area (Å²) < 4.78 is 38.4. The van der Waals surface area contributed by atoms with Crippen LogP contribution in [0, 0.1) is 0 Å². The Bertz CT molecular complexity index is 748. The fourth-order valence-electron chi connectivity index (χ4n) is 2.82. The van der Waals surface area contributed by atoms with E-state index in [1.807, 2.05) is 12.1 Å². The first kappa shape index (κ1) is 16.4. The smallest absolute Gasteiger partial charge is 0.370 e. The van der Waals surface area contributed by atoms with Gasteiger partial charge in [-0.3, -0.25) is 0 Å². The molecule has 2 aromatic rings. The van der Waals surface area contributed by atoms with Gasteiger partial charge in [-0.25, -0.2) is 9.98 Å². The summed E-state index contributed by atoms with van der Waals surface area (Å²) in [5, 5.41) is 2.97. The molecule has 0 radical (unpaired) electrons. The van der Waals surface area contributed by atoms with Crippen LogP contribution in [-0.4, -0.2) is 21.7 Å². The number of nitrogens with one attached hydrogen (secondary N) is 1. The van der Waals surface area contributed by atoms with Crippen LogP contribution in [0.2, 0.25) is 0 Å². The Morgan fingerprint density at radius 2 is 2.08 bits per heavy atom. The summed E-state index contributed by atoms with van der Waals surface area (Å²) in [5.74, 6) is 0.362. The van der Waals surface area contributed by atoms with Crippen LogP contribution in [0.3, 0.4) is 0 Å². The molecular weight excluding hydrogens is 319 g/mol. The summed E-state index contributed by atoms with van der Waals surface area (Å²) in [4.78, 5) is 7.98. The van der Waals surface area contributed by atoms with Crippen molar-refractivity contribution in [3.05, 3.63) is 47.5 Å². The van der Waals surface area contributed by atoms with E-state index in [4.69, 9.17) is 5.73 Å². The van der Waals surface area contributed by atoms with E-state index in [9.17, 15) is 13.2 Å². The molecule has 0 aliphatic heterocycles. The number of imidazole rings is 1. The molecule has 0 bridgehead atoms. The number of aliphatic imine (C=N–C) groups is 1. The van der Waals surface area contributed by atoms with E-state index in [1.54, 1.807) is 0 Å². The van der Waals surface area contributed by atoms with Gasteiger partial charge in [-0.2, -0.15) is 13.2 Å². The van der Waals surface area contributed by atoms with Gasteiger partial charge in [0.2, 0.25) is 0 Å². The van der Waals surface area contributed by atoms with Crippen molar-refractivity contribution in [2.75, 3.05) is 5.32 Å². The van der Waals surface area contributed by atoms with Crippen LogP contribution >= 0.6 is 0 Å². The molecule has 128 valence electrons. The Morgan fingerprint density at radius 1 is 1.29 bits per heavy atom. The van der Waals surface area contributed by atoms with Crippen molar-refractivity contribution in [2.45, 2.75) is 38.5 Å². The molecule has 5 nitrogen and oxygen atoms in total. The van der Waals surface area contributed by atoms with Gasteiger partial charge >= 0.3 is 6.18 Å². The molecule has 0 saturated carbocycles. The number of guanidine groups is 1. The standard InChI is InChI=1S/C16H18F3N5/c17-16(18,19)10-24-7-6-21-14(24)9-22-15(20)23-13-5-4-11-2-1-3-12(11)8-13/h4-8H,1-3,9-10H2,(H3,20,22,23). The topological polar surface area (TPSA) is 68.2 Å². The van der Waals surface area contributed by atoms with Crippen LogP contribution in [0.4, 0.5) is 18.9 Å². The number of halogens is 3. The molecule has 1 aromatic carbocycles. The Labute approximate surface area is 137 Å². The van der Waals surface area contributed by atoms with Gasteiger partial charge in [0.15, 0.2) is 5.96 Å². The van der Waals surface area contributed by atoms with Gasteiger partial charge < -0.3 is 15.6 Å². The van der Waals surface area contributed by atoms with Crippen LogP contribution in [0.15, 0.2) is 35.6 Å². The molecule has 0 atom stereocenters. The van der Waals surface area contributed by atoms with Crippen LogP contribution in [0.25, 0.3) is 0 Å². The molecule has 1 aromatic heterocycles. The van der Waals surface area contributed by atoms with E-state index in [0.29, 0.717) is 0 Å². The minimum Gasteiger partial charge on any atom is -0.370 e. The van der Waals surface area contributed by atoms with E-state index in [1.165, 1.54) is 23.5 Å². The first-order valence-corrected chi connectivity index (χ1v) is 7.66. The van der Waals surface area contributed by atoms with Gasteiger partial charge in [-0.15, -0.1) is 0 Å². The van der Waals surface area contributed by atoms with Crippen molar-refractivity contribution in [1.82, 2.24) is 9.55 Å². The first-order chi connectivity index (χ1) is 11.4. The van der Waals surface area contributed by atoms with Crippen molar-refractivity contribution < 1.29 is 13.2 Å². The van der Waals surface area contributed by atoms with Crippen LogP contribution < -0.4 is 11.1 Å². The summed E-state index contributed by atoms with van der Waals surface area (Å²) in [5.41, 5.74) is 9.31. The molecule has 1 aliphatic rings. The Morgan fingerprint density at radius 3 is 2.88 bits per heavy atom. The largest absolute Gasteiger partial charge is 0.406 e. The van der Waals surface area contributed by atoms with E-state index in [2.05, 4.69) is 21.4 Å². The monoisotopic (exact) mass is 337 g/mol. The molecule has 0 saturated heterocycles. The summed E-state index contributed by atoms with van der Waals surface area (Å²) in [6, 6.07) is 6.03. The molecule has 1 aliphatic carbocycles. The Balaban J connectivity index is 1.64. The van der Waals surface area contributed by atoms with Gasteiger partial charge in [0.25, 0.3) is 0 Å². The third-order valence-corrected chi connectivity index (χ3v) is 3.91. The highest BCUT2D eigenvalue weighted by molar-refractivity contribution is 5.92. The molecule has 0 spiro atoms. The predicted molar refractivity (Wildman–Crippen MR) is 85.7 cm³/mol. The van der Waals surface area contributed by atoms with Crippen molar-refractivity contribution in [1.29, 1.82) is 0 Å². The quantitative estimate of drug-likeness (QED) is 0.666. The van der Waals surface area contributed by atoms with Gasteiger partial charge in [-0.05, 0) is 42.5 Å².